The fraction of sp³-hybridized carbons (Fsp3) is 0.320. The number of carbonyl (C=O) groups excluding carboxylic acids is 1. The predicted molar refractivity (Wildman–Crippen MR) is 129 cm³/mol. The summed E-state index contributed by atoms with van der Waals surface area (Å²) in [5, 5.41) is 0.592. The van der Waals surface area contributed by atoms with Gasteiger partial charge in [-0.3, -0.25) is 14.2 Å². The number of Topliss-reactive ketones (excluding diaryl/α,β-unsaturated/α-hetero) is 1. The zero-order valence-corrected chi connectivity index (χ0v) is 19.7. The second-order valence-electron chi connectivity index (χ2n) is 7.99. The number of aryl methyl sites for hydroxylation is 2. The molecule has 0 unspecified atom stereocenters. The van der Waals surface area contributed by atoms with Crippen molar-refractivity contribution in [3.63, 3.8) is 0 Å². The van der Waals surface area contributed by atoms with Gasteiger partial charge < -0.3 is 9.30 Å². The summed E-state index contributed by atoms with van der Waals surface area (Å²) in [6.45, 7) is 7.34. The third-order valence-electron chi connectivity index (χ3n) is 5.87. The molecule has 6 nitrogen and oxygen atoms in total. The van der Waals surface area contributed by atoms with Gasteiger partial charge in [0.2, 0.25) is 0 Å². The fourth-order valence-electron chi connectivity index (χ4n) is 4.17. The number of thiophene rings is 1. The molecule has 3 aromatic heterocycles. The third kappa shape index (κ3) is 4.06. The highest BCUT2D eigenvalue weighted by Gasteiger charge is 2.19. The van der Waals surface area contributed by atoms with Gasteiger partial charge in [0.1, 0.15) is 4.83 Å². The molecule has 0 aliphatic carbocycles. The van der Waals surface area contributed by atoms with Crippen molar-refractivity contribution in [1.29, 1.82) is 0 Å². The Balaban J connectivity index is 1.65. The van der Waals surface area contributed by atoms with Crippen LogP contribution in [0.1, 0.15) is 33.7 Å². The third-order valence-corrected chi connectivity index (χ3v) is 7.12. The molecule has 0 fully saturated rings. The molecule has 0 bridgehead atoms. The van der Waals surface area contributed by atoms with Gasteiger partial charge >= 0.3 is 0 Å². The topological polar surface area (TPSA) is 66.1 Å². The zero-order valence-electron chi connectivity index (χ0n) is 18.8. The number of ether oxygens (including phenoxy) is 1. The van der Waals surface area contributed by atoms with E-state index in [4.69, 9.17) is 4.74 Å². The lowest BCUT2D eigenvalue weighted by Crippen LogP contribution is -2.25. The summed E-state index contributed by atoms with van der Waals surface area (Å²) in [6, 6.07) is 11.9. The smallest absolute Gasteiger partial charge is 0.262 e. The lowest BCUT2D eigenvalue weighted by Gasteiger charge is -2.09. The molecule has 4 rings (SSSR count). The Morgan fingerprint density at radius 1 is 1.16 bits per heavy atom. The van der Waals surface area contributed by atoms with Crippen LogP contribution in [0.15, 0.2) is 47.5 Å². The Kier molecular flexibility index (Phi) is 6.39. The van der Waals surface area contributed by atoms with Crippen LogP contribution >= 0.6 is 11.3 Å². The van der Waals surface area contributed by atoms with Crippen LogP contribution < -0.4 is 5.56 Å². The highest BCUT2D eigenvalue weighted by atomic mass is 32.1. The van der Waals surface area contributed by atoms with Crippen molar-refractivity contribution in [2.75, 3.05) is 13.7 Å². The zero-order chi connectivity index (χ0) is 22.8. The second-order valence-corrected chi connectivity index (χ2v) is 8.99. The van der Waals surface area contributed by atoms with Crippen LogP contribution in [0.3, 0.4) is 0 Å². The maximum absolute atomic E-state index is 13.3. The van der Waals surface area contributed by atoms with Gasteiger partial charge in [-0.1, -0.05) is 30.3 Å². The van der Waals surface area contributed by atoms with E-state index in [2.05, 4.69) is 9.55 Å². The van der Waals surface area contributed by atoms with Gasteiger partial charge in [0, 0.05) is 42.1 Å². The van der Waals surface area contributed by atoms with E-state index in [0.29, 0.717) is 22.4 Å². The number of hydrogen-bond acceptors (Lipinski definition) is 5. The second kappa shape index (κ2) is 9.22. The van der Waals surface area contributed by atoms with Crippen molar-refractivity contribution < 1.29 is 9.53 Å². The number of methoxy groups -OCH3 is 1. The normalized spacial score (nSPS) is 11.4. The average molecular weight is 450 g/mol. The molecule has 0 radical (unpaired) electrons. The molecule has 0 saturated heterocycles. The minimum atomic E-state index is -0.173. The fourth-order valence-corrected chi connectivity index (χ4v) is 5.32. The number of hydrogen-bond donors (Lipinski definition) is 0. The molecule has 1 aromatic carbocycles. The Hall–Kier alpha value is -3.03. The molecule has 7 heteroatoms. The van der Waals surface area contributed by atoms with Gasteiger partial charge in [0.25, 0.3) is 5.56 Å². The van der Waals surface area contributed by atoms with Crippen LogP contribution in [0, 0.1) is 20.8 Å². The number of benzene rings is 1. The summed E-state index contributed by atoms with van der Waals surface area (Å²) >= 11 is 1.51. The molecule has 3 heterocycles. The highest BCUT2D eigenvalue weighted by Crippen LogP contribution is 2.35. The number of nitrogens with zero attached hydrogens (tertiary/aromatic N) is 3. The molecule has 0 saturated carbocycles. The number of aromatic nitrogens is 3. The van der Waals surface area contributed by atoms with Crippen LogP contribution in [0.5, 0.6) is 0 Å². The molecular formula is C25H27N3O3S. The first-order chi connectivity index (χ1) is 15.4. The SMILES string of the molecule is COCCCn1c(C)cc(C(=O)Cn2cnc3sc(-c4ccccc4)c(C)c3c2=O)c1C. The largest absolute Gasteiger partial charge is 0.385 e. The van der Waals surface area contributed by atoms with E-state index in [1.165, 1.54) is 22.2 Å². The number of ketones is 1. The van der Waals surface area contributed by atoms with Crippen molar-refractivity contribution >= 4 is 27.3 Å². The summed E-state index contributed by atoms with van der Waals surface area (Å²) in [5.74, 6) is -0.0875. The molecule has 0 N–H and O–H groups in total. The van der Waals surface area contributed by atoms with Crippen molar-refractivity contribution in [2.45, 2.75) is 40.3 Å². The first-order valence-corrected chi connectivity index (χ1v) is 11.5. The van der Waals surface area contributed by atoms with Gasteiger partial charge in [-0.2, -0.15) is 0 Å². The average Bonchev–Trinajstić information content (AvgIpc) is 3.28. The predicted octanol–water partition coefficient (Wildman–Crippen LogP) is 4.77. The van der Waals surface area contributed by atoms with E-state index in [-0.39, 0.29) is 17.9 Å². The summed E-state index contributed by atoms with van der Waals surface area (Å²) < 4.78 is 8.70. The summed E-state index contributed by atoms with van der Waals surface area (Å²) in [4.78, 5) is 32.6. The van der Waals surface area contributed by atoms with Crippen molar-refractivity contribution in [1.82, 2.24) is 14.1 Å². The number of fused-ring (bicyclic) bond motifs is 1. The van der Waals surface area contributed by atoms with E-state index in [0.717, 1.165) is 40.4 Å². The number of carbonyl (C=O) groups is 1. The Labute approximate surface area is 191 Å². The Bertz CT molecular complexity index is 1330. The van der Waals surface area contributed by atoms with E-state index < -0.39 is 0 Å². The van der Waals surface area contributed by atoms with Crippen LogP contribution in [0.25, 0.3) is 20.7 Å². The van der Waals surface area contributed by atoms with Crippen LogP contribution in [-0.4, -0.2) is 33.6 Å². The van der Waals surface area contributed by atoms with E-state index in [1.807, 2.05) is 57.2 Å². The molecule has 0 aliphatic heterocycles. The lowest BCUT2D eigenvalue weighted by molar-refractivity contribution is 0.0970. The van der Waals surface area contributed by atoms with E-state index >= 15 is 0 Å². The van der Waals surface area contributed by atoms with Gasteiger partial charge in [0.05, 0.1) is 18.3 Å². The molecule has 166 valence electrons. The quantitative estimate of drug-likeness (QED) is 0.287. The molecule has 0 amide bonds. The molecule has 4 aromatic rings. The van der Waals surface area contributed by atoms with Gasteiger partial charge in [-0.25, -0.2) is 4.98 Å². The monoisotopic (exact) mass is 449 g/mol. The van der Waals surface area contributed by atoms with Gasteiger partial charge in [-0.15, -0.1) is 11.3 Å². The van der Waals surface area contributed by atoms with Gasteiger partial charge in [0.15, 0.2) is 5.78 Å². The molecule has 0 spiro atoms. The minimum Gasteiger partial charge on any atom is -0.385 e. The highest BCUT2D eigenvalue weighted by molar-refractivity contribution is 7.22. The summed E-state index contributed by atoms with van der Waals surface area (Å²) in [6.07, 6.45) is 2.37. The summed E-state index contributed by atoms with van der Waals surface area (Å²) in [7, 11) is 1.69. The Morgan fingerprint density at radius 2 is 1.91 bits per heavy atom. The number of rotatable bonds is 8. The molecular weight excluding hydrogens is 422 g/mol. The van der Waals surface area contributed by atoms with Crippen LogP contribution in [0.2, 0.25) is 0 Å². The molecule has 32 heavy (non-hydrogen) atoms. The van der Waals surface area contributed by atoms with E-state index in [9.17, 15) is 9.59 Å². The first-order valence-electron chi connectivity index (χ1n) is 10.6. The maximum Gasteiger partial charge on any atom is 0.262 e. The standard InChI is InChI=1S/C25H27N3O3S/c1-16-13-20(18(3)28(16)11-8-12-31-4)21(29)14-27-15-26-24-22(25(27)30)17(2)23(32-24)19-9-6-5-7-10-19/h5-7,9-10,13,15H,8,11-12,14H2,1-4H3. The van der Waals surface area contributed by atoms with Crippen molar-refractivity contribution in [3.8, 4) is 10.4 Å². The van der Waals surface area contributed by atoms with Crippen molar-refractivity contribution in [3.05, 3.63) is 75.6 Å². The molecule has 0 atom stereocenters. The lowest BCUT2D eigenvalue weighted by atomic mass is 10.1. The molecule has 0 aliphatic rings. The Morgan fingerprint density at radius 3 is 2.62 bits per heavy atom. The minimum absolute atomic E-state index is 0.0277. The first kappa shape index (κ1) is 22.2. The summed E-state index contributed by atoms with van der Waals surface area (Å²) in [5.41, 5.74) is 4.41. The van der Waals surface area contributed by atoms with Gasteiger partial charge in [-0.05, 0) is 44.4 Å². The maximum atomic E-state index is 13.3. The van der Waals surface area contributed by atoms with Crippen LogP contribution in [0.4, 0.5) is 0 Å². The van der Waals surface area contributed by atoms with Crippen LogP contribution in [-0.2, 0) is 17.8 Å². The van der Waals surface area contributed by atoms with Crippen molar-refractivity contribution in [2.24, 2.45) is 0 Å². The van der Waals surface area contributed by atoms with E-state index in [1.54, 1.807) is 7.11 Å².